The molecule has 96 valence electrons. The summed E-state index contributed by atoms with van der Waals surface area (Å²) in [5, 5.41) is 3.04. The molecule has 0 bridgehead atoms. The maximum atomic E-state index is 11.9. The van der Waals surface area contributed by atoms with Gasteiger partial charge in [0, 0.05) is 17.2 Å². The number of aryl methyl sites for hydroxylation is 1. The molecule has 1 aliphatic rings. The van der Waals surface area contributed by atoms with Gasteiger partial charge in [0.25, 0.3) is 5.91 Å². The van der Waals surface area contributed by atoms with Crippen LogP contribution in [0, 0.1) is 6.92 Å². The van der Waals surface area contributed by atoms with E-state index < -0.39 is 6.04 Å². The van der Waals surface area contributed by atoms with Crippen LogP contribution in [-0.2, 0) is 9.59 Å². The maximum absolute atomic E-state index is 11.9. The smallest absolute Gasteiger partial charge is 0.252 e. The fraction of sp³-hybridized carbons (Fsp3) is 0.417. The van der Waals surface area contributed by atoms with Gasteiger partial charge in [0.15, 0.2) is 0 Å². The maximum Gasteiger partial charge on any atom is 0.252 e. The summed E-state index contributed by atoms with van der Waals surface area (Å²) in [5.74, 6) is 0.337. The van der Waals surface area contributed by atoms with Crippen molar-refractivity contribution in [2.75, 3.05) is 11.9 Å². The number of anilines is 1. The second kappa shape index (κ2) is 5.06. The molecule has 6 heteroatoms. The fourth-order valence-corrected chi connectivity index (χ4v) is 2.43. The number of carbonyl (C=O) groups is 2. The van der Waals surface area contributed by atoms with Crippen molar-refractivity contribution in [3.63, 3.8) is 0 Å². The van der Waals surface area contributed by atoms with Crippen LogP contribution in [0.3, 0.4) is 0 Å². The molecule has 1 fully saturated rings. The highest BCUT2D eigenvalue weighted by Gasteiger charge is 2.37. The summed E-state index contributed by atoms with van der Waals surface area (Å²) in [6, 6.07) is 1.42. The molecule has 1 unspecified atom stereocenters. The van der Waals surface area contributed by atoms with Gasteiger partial charge in [-0.3, -0.25) is 14.5 Å². The van der Waals surface area contributed by atoms with E-state index in [9.17, 15) is 9.59 Å². The van der Waals surface area contributed by atoms with E-state index in [1.54, 1.807) is 13.1 Å². The number of nitrogens with one attached hydrogen (secondary N) is 1. The molecular formula is C12H14BrN3O2. The number of hydrogen-bond acceptors (Lipinski definition) is 4. The molecular weight excluding hydrogens is 298 g/mol. The standard InChI is InChI=1S/C12H14BrN3O2/c1-3-16-10(17)5-9(12(16)18)15-11-7(2)4-8(13)6-14-11/h4,6,9H,3,5H2,1-2H3,(H,14,15). The van der Waals surface area contributed by atoms with Gasteiger partial charge in [-0.25, -0.2) is 4.98 Å². The molecule has 1 aromatic rings. The predicted octanol–water partition coefficient (Wildman–Crippen LogP) is 1.71. The van der Waals surface area contributed by atoms with Crippen LogP contribution in [0.5, 0.6) is 0 Å². The minimum Gasteiger partial charge on any atom is -0.358 e. The normalized spacial score (nSPS) is 19.5. The second-order valence-electron chi connectivity index (χ2n) is 4.20. The lowest BCUT2D eigenvalue weighted by Gasteiger charge is -2.14. The largest absolute Gasteiger partial charge is 0.358 e. The van der Waals surface area contributed by atoms with Gasteiger partial charge in [0.05, 0.1) is 6.42 Å². The molecule has 0 spiro atoms. The summed E-state index contributed by atoms with van der Waals surface area (Å²) < 4.78 is 0.884. The summed E-state index contributed by atoms with van der Waals surface area (Å²) in [5.41, 5.74) is 0.930. The van der Waals surface area contributed by atoms with E-state index in [-0.39, 0.29) is 18.2 Å². The van der Waals surface area contributed by atoms with Crippen LogP contribution in [0.4, 0.5) is 5.82 Å². The molecule has 1 saturated heterocycles. The number of pyridine rings is 1. The Labute approximate surface area is 114 Å². The summed E-state index contributed by atoms with van der Waals surface area (Å²) in [6.45, 7) is 4.11. The molecule has 1 N–H and O–H groups in total. The lowest BCUT2D eigenvalue weighted by Crippen LogP contribution is -2.34. The second-order valence-corrected chi connectivity index (χ2v) is 5.11. The number of hydrogen-bond donors (Lipinski definition) is 1. The molecule has 0 radical (unpaired) electrons. The van der Waals surface area contributed by atoms with E-state index in [4.69, 9.17) is 0 Å². The molecule has 18 heavy (non-hydrogen) atoms. The molecule has 1 atom stereocenters. The predicted molar refractivity (Wildman–Crippen MR) is 71.1 cm³/mol. The highest BCUT2D eigenvalue weighted by Crippen LogP contribution is 2.21. The quantitative estimate of drug-likeness (QED) is 0.863. The Morgan fingerprint density at radius 2 is 2.28 bits per heavy atom. The minimum atomic E-state index is -0.496. The van der Waals surface area contributed by atoms with Gasteiger partial charge in [0.2, 0.25) is 5.91 Å². The molecule has 0 aromatic carbocycles. The lowest BCUT2D eigenvalue weighted by molar-refractivity contribution is -0.138. The van der Waals surface area contributed by atoms with Crippen molar-refractivity contribution in [3.8, 4) is 0 Å². The third kappa shape index (κ3) is 2.38. The van der Waals surface area contributed by atoms with Crippen molar-refractivity contribution < 1.29 is 9.59 Å². The van der Waals surface area contributed by atoms with E-state index >= 15 is 0 Å². The molecule has 1 aromatic heterocycles. The Morgan fingerprint density at radius 3 is 2.83 bits per heavy atom. The number of likely N-dealkylation sites (tertiary alicyclic amines) is 1. The highest BCUT2D eigenvalue weighted by molar-refractivity contribution is 9.10. The Bertz CT molecular complexity index is 504. The molecule has 2 heterocycles. The van der Waals surface area contributed by atoms with Gasteiger partial charge in [-0.15, -0.1) is 0 Å². The van der Waals surface area contributed by atoms with E-state index in [2.05, 4.69) is 26.2 Å². The van der Waals surface area contributed by atoms with Crippen LogP contribution in [0.2, 0.25) is 0 Å². The average Bonchev–Trinajstić information content (AvgIpc) is 2.58. The summed E-state index contributed by atoms with van der Waals surface area (Å²) in [6.07, 6.45) is 1.86. The number of aromatic nitrogens is 1. The van der Waals surface area contributed by atoms with E-state index in [1.807, 2.05) is 13.0 Å². The summed E-state index contributed by atoms with van der Waals surface area (Å²) in [4.78, 5) is 29.0. The Balaban J connectivity index is 2.15. The number of amides is 2. The lowest BCUT2D eigenvalue weighted by atomic mass is 10.2. The molecule has 5 nitrogen and oxygen atoms in total. The van der Waals surface area contributed by atoms with Crippen LogP contribution in [-0.4, -0.2) is 34.3 Å². The van der Waals surface area contributed by atoms with Crippen molar-refractivity contribution in [1.29, 1.82) is 0 Å². The third-order valence-electron chi connectivity index (χ3n) is 2.92. The first-order chi connectivity index (χ1) is 8.52. The first kappa shape index (κ1) is 13.0. The van der Waals surface area contributed by atoms with Crippen molar-refractivity contribution in [2.45, 2.75) is 26.3 Å². The van der Waals surface area contributed by atoms with Gasteiger partial charge in [-0.2, -0.15) is 0 Å². The van der Waals surface area contributed by atoms with Crippen LogP contribution < -0.4 is 5.32 Å². The average molecular weight is 312 g/mol. The number of nitrogens with zero attached hydrogens (tertiary/aromatic N) is 2. The van der Waals surface area contributed by atoms with E-state index in [0.29, 0.717) is 12.4 Å². The summed E-state index contributed by atoms with van der Waals surface area (Å²) >= 11 is 3.33. The first-order valence-corrected chi connectivity index (χ1v) is 6.55. The van der Waals surface area contributed by atoms with Gasteiger partial charge >= 0.3 is 0 Å². The van der Waals surface area contributed by atoms with Gasteiger partial charge in [-0.1, -0.05) is 0 Å². The van der Waals surface area contributed by atoms with Crippen molar-refractivity contribution in [1.82, 2.24) is 9.88 Å². The Morgan fingerprint density at radius 1 is 1.56 bits per heavy atom. The molecule has 0 saturated carbocycles. The van der Waals surface area contributed by atoms with Crippen LogP contribution >= 0.6 is 15.9 Å². The molecule has 2 rings (SSSR count). The van der Waals surface area contributed by atoms with Gasteiger partial charge in [-0.05, 0) is 41.4 Å². The number of rotatable bonds is 3. The third-order valence-corrected chi connectivity index (χ3v) is 3.35. The zero-order valence-corrected chi connectivity index (χ0v) is 11.8. The molecule has 0 aliphatic carbocycles. The van der Waals surface area contributed by atoms with Crippen LogP contribution in [0.1, 0.15) is 18.9 Å². The van der Waals surface area contributed by atoms with Crippen molar-refractivity contribution in [2.24, 2.45) is 0 Å². The zero-order valence-electron chi connectivity index (χ0n) is 10.2. The van der Waals surface area contributed by atoms with Gasteiger partial charge in [0.1, 0.15) is 11.9 Å². The Hall–Kier alpha value is -1.43. The zero-order chi connectivity index (χ0) is 13.3. The van der Waals surface area contributed by atoms with Gasteiger partial charge < -0.3 is 5.32 Å². The monoisotopic (exact) mass is 311 g/mol. The van der Waals surface area contributed by atoms with Crippen molar-refractivity contribution >= 4 is 33.6 Å². The van der Waals surface area contributed by atoms with E-state index in [0.717, 1.165) is 10.0 Å². The number of halogens is 1. The fourth-order valence-electron chi connectivity index (χ4n) is 1.98. The topological polar surface area (TPSA) is 62.3 Å². The van der Waals surface area contributed by atoms with Crippen LogP contribution in [0.15, 0.2) is 16.7 Å². The van der Waals surface area contributed by atoms with Crippen molar-refractivity contribution in [3.05, 3.63) is 22.3 Å². The first-order valence-electron chi connectivity index (χ1n) is 5.75. The summed E-state index contributed by atoms with van der Waals surface area (Å²) in [7, 11) is 0. The number of imide groups is 1. The molecule has 2 amide bonds. The number of carbonyl (C=O) groups excluding carboxylic acids is 2. The Kier molecular flexibility index (Phi) is 3.65. The van der Waals surface area contributed by atoms with E-state index in [1.165, 1.54) is 4.90 Å². The molecule has 1 aliphatic heterocycles. The number of likely N-dealkylation sites (N-methyl/N-ethyl adjacent to an activating group) is 1. The minimum absolute atomic E-state index is 0.130. The van der Waals surface area contributed by atoms with Crippen LogP contribution in [0.25, 0.3) is 0 Å². The highest BCUT2D eigenvalue weighted by atomic mass is 79.9. The SMILES string of the molecule is CCN1C(=O)CC(Nc2ncc(Br)cc2C)C1=O.